The Morgan fingerprint density at radius 1 is 0.595 bits per heavy atom. The fourth-order valence-corrected chi connectivity index (χ4v) is 4.00. The Morgan fingerprint density at radius 3 is 1.71 bits per heavy atom. The van der Waals surface area contributed by atoms with Crippen molar-refractivity contribution in [2.45, 2.75) is 58.8 Å². The van der Waals surface area contributed by atoms with E-state index in [1.807, 2.05) is 24.3 Å². The summed E-state index contributed by atoms with van der Waals surface area (Å²) in [4.78, 5) is 36.1. The van der Waals surface area contributed by atoms with Gasteiger partial charge in [0.05, 0.1) is 30.9 Å². The normalized spacial score (nSPS) is 10.5. The van der Waals surface area contributed by atoms with Gasteiger partial charge in [-0.3, -0.25) is 0 Å². The molecule has 3 aromatic rings. The first kappa shape index (κ1) is 32.1. The standard InChI is InChI=1S/C35H40O7/c1-4-5-8-24-41-34(37)29-13-11-27(12-14-29)28-15-21-32(22-16-28)42-35(38)30-17-19-31(20-18-30)39-23-9-6-7-10-25-40-33(36)26(2)3/h11-22H,2,4-10,23-25H2,1,3H3. The molecule has 0 fully saturated rings. The molecule has 0 bridgehead atoms. The topological polar surface area (TPSA) is 88.1 Å². The fraction of sp³-hybridized carbons (Fsp3) is 0.343. The predicted molar refractivity (Wildman–Crippen MR) is 163 cm³/mol. The molecule has 0 amide bonds. The van der Waals surface area contributed by atoms with Gasteiger partial charge in [0.15, 0.2) is 0 Å². The molecule has 0 atom stereocenters. The molecule has 0 saturated heterocycles. The summed E-state index contributed by atoms with van der Waals surface area (Å²) in [7, 11) is 0. The van der Waals surface area contributed by atoms with Crippen LogP contribution in [0.4, 0.5) is 0 Å². The summed E-state index contributed by atoms with van der Waals surface area (Å²) in [5.41, 5.74) is 3.23. The monoisotopic (exact) mass is 572 g/mol. The highest BCUT2D eigenvalue weighted by atomic mass is 16.5. The first-order chi connectivity index (χ1) is 20.4. The zero-order chi connectivity index (χ0) is 30.2. The van der Waals surface area contributed by atoms with Gasteiger partial charge in [-0.1, -0.05) is 50.6 Å². The number of carbonyl (C=O) groups is 3. The molecule has 0 saturated carbocycles. The van der Waals surface area contributed by atoms with Gasteiger partial charge >= 0.3 is 17.9 Å². The van der Waals surface area contributed by atoms with Gasteiger partial charge in [0.1, 0.15) is 11.5 Å². The number of benzene rings is 3. The molecule has 3 rings (SSSR count). The largest absolute Gasteiger partial charge is 0.494 e. The van der Waals surface area contributed by atoms with Crippen molar-refractivity contribution in [1.82, 2.24) is 0 Å². The van der Waals surface area contributed by atoms with Crippen LogP contribution in [0.5, 0.6) is 11.5 Å². The van der Waals surface area contributed by atoms with Crippen molar-refractivity contribution in [2.75, 3.05) is 19.8 Å². The van der Waals surface area contributed by atoms with E-state index < -0.39 is 5.97 Å². The van der Waals surface area contributed by atoms with E-state index in [0.29, 0.717) is 48.0 Å². The van der Waals surface area contributed by atoms with Crippen LogP contribution in [0.3, 0.4) is 0 Å². The lowest BCUT2D eigenvalue weighted by atomic mass is 10.0. The third-order valence-corrected chi connectivity index (χ3v) is 6.48. The van der Waals surface area contributed by atoms with Crippen molar-refractivity contribution < 1.29 is 33.3 Å². The maximum atomic E-state index is 12.6. The Balaban J connectivity index is 1.38. The zero-order valence-corrected chi connectivity index (χ0v) is 24.6. The molecular formula is C35H40O7. The molecule has 0 spiro atoms. The van der Waals surface area contributed by atoms with Crippen molar-refractivity contribution in [2.24, 2.45) is 0 Å². The molecule has 3 aromatic carbocycles. The van der Waals surface area contributed by atoms with Gasteiger partial charge in [-0.15, -0.1) is 0 Å². The first-order valence-electron chi connectivity index (χ1n) is 14.5. The quantitative estimate of drug-likeness (QED) is 0.0701. The van der Waals surface area contributed by atoms with Gasteiger partial charge in [0, 0.05) is 5.57 Å². The molecule has 0 N–H and O–H groups in total. The molecule has 7 heteroatoms. The van der Waals surface area contributed by atoms with E-state index in [1.54, 1.807) is 55.5 Å². The molecule has 7 nitrogen and oxygen atoms in total. The van der Waals surface area contributed by atoms with Crippen LogP contribution in [0.25, 0.3) is 11.1 Å². The van der Waals surface area contributed by atoms with Crippen LogP contribution < -0.4 is 9.47 Å². The Labute approximate surface area is 248 Å². The summed E-state index contributed by atoms with van der Waals surface area (Å²) in [6.07, 6.45) is 6.59. The van der Waals surface area contributed by atoms with E-state index in [0.717, 1.165) is 56.1 Å². The van der Waals surface area contributed by atoms with Crippen LogP contribution in [-0.4, -0.2) is 37.7 Å². The van der Waals surface area contributed by atoms with Crippen LogP contribution in [0.15, 0.2) is 84.9 Å². The molecule has 42 heavy (non-hydrogen) atoms. The SMILES string of the molecule is C=C(C)C(=O)OCCCCCCOc1ccc(C(=O)Oc2ccc(-c3ccc(C(=O)OCCCCC)cc3)cc2)cc1. The van der Waals surface area contributed by atoms with Gasteiger partial charge in [0.25, 0.3) is 0 Å². The average Bonchev–Trinajstić information content (AvgIpc) is 3.01. The number of carbonyl (C=O) groups excluding carboxylic acids is 3. The molecule has 222 valence electrons. The molecule has 0 unspecified atom stereocenters. The minimum absolute atomic E-state index is 0.313. The Kier molecular flexibility index (Phi) is 13.3. The van der Waals surface area contributed by atoms with Crippen LogP contribution >= 0.6 is 0 Å². The van der Waals surface area contributed by atoms with Crippen LogP contribution in [-0.2, 0) is 14.3 Å². The second-order valence-corrected chi connectivity index (χ2v) is 10.0. The fourth-order valence-electron chi connectivity index (χ4n) is 4.00. The van der Waals surface area contributed by atoms with Crippen molar-refractivity contribution in [3.8, 4) is 22.6 Å². The van der Waals surface area contributed by atoms with Crippen molar-refractivity contribution in [1.29, 1.82) is 0 Å². The highest BCUT2D eigenvalue weighted by Gasteiger charge is 2.11. The number of rotatable bonds is 17. The van der Waals surface area contributed by atoms with E-state index in [9.17, 15) is 14.4 Å². The summed E-state index contributed by atoms with van der Waals surface area (Å²) in [5, 5.41) is 0. The minimum Gasteiger partial charge on any atom is -0.494 e. The third-order valence-electron chi connectivity index (χ3n) is 6.48. The molecule has 0 aliphatic rings. The maximum Gasteiger partial charge on any atom is 0.343 e. The Hall–Kier alpha value is -4.39. The smallest absolute Gasteiger partial charge is 0.343 e. The van der Waals surface area contributed by atoms with Gasteiger partial charge < -0.3 is 18.9 Å². The first-order valence-corrected chi connectivity index (χ1v) is 14.5. The van der Waals surface area contributed by atoms with Gasteiger partial charge in [-0.2, -0.15) is 0 Å². The highest BCUT2D eigenvalue weighted by Crippen LogP contribution is 2.24. The maximum absolute atomic E-state index is 12.6. The summed E-state index contributed by atoms with van der Waals surface area (Å²) in [5.74, 6) is 0.00344. The Morgan fingerprint density at radius 2 is 1.10 bits per heavy atom. The average molecular weight is 573 g/mol. The summed E-state index contributed by atoms with van der Waals surface area (Å²) in [6.45, 7) is 8.70. The number of hydrogen-bond acceptors (Lipinski definition) is 7. The lowest BCUT2D eigenvalue weighted by Gasteiger charge is -2.09. The predicted octanol–water partition coefficient (Wildman–Crippen LogP) is 7.98. The molecule has 0 aliphatic carbocycles. The minimum atomic E-state index is -0.455. The van der Waals surface area contributed by atoms with Crippen LogP contribution in [0.2, 0.25) is 0 Å². The van der Waals surface area contributed by atoms with Gasteiger partial charge in [0.2, 0.25) is 0 Å². The number of hydrogen-bond donors (Lipinski definition) is 0. The van der Waals surface area contributed by atoms with Crippen LogP contribution in [0, 0.1) is 0 Å². The van der Waals surface area contributed by atoms with E-state index in [2.05, 4.69) is 13.5 Å². The molecule has 0 aliphatic heterocycles. The van der Waals surface area contributed by atoms with Crippen molar-refractivity contribution >= 4 is 17.9 Å². The van der Waals surface area contributed by atoms with E-state index >= 15 is 0 Å². The number of ether oxygens (including phenoxy) is 4. The second kappa shape index (κ2) is 17.4. The highest BCUT2D eigenvalue weighted by molar-refractivity contribution is 5.91. The van der Waals surface area contributed by atoms with Gasteiger partial charge in [-0.25, -0.2) is 14.4 Å². The molecular weight excluding hydrogens is 532 g/mol. The summed E-state index contributed by atoms with van der Waals surface area (Å²) >= 11 is 0. The van der Waals surface area contributed by atoms with E-state index in [1.165, 1.54) is 0 Å². The molecule has 0 radical (unpaired) electrons. The Bertz CT molecular complexity index is 1290. The molecule has 0 aromatic heterocycles. The van der Waals surface area contributed by atoms with Gasteiger partial charge in [-0.05, 0) is 98.7 Å². The third kappa shape index (κ3) is 10.9. The summed E-state index contributed by atoms with van der Waals surface area (Å²) in [6, 6.07) is 21.3. The van der Waals surface area contributed by atoms with Crippen LogP contribution in [0.1, 0.15) is 79.5 Å². The number of esters is 3. The lowest BCUT2D eigenvalue weighted by molar-refractivity contribution is -0.139. The summed E-state index contributed by atoms with van der Waals surface area (Å²) < 4.78 is 21.7. The molecule has 0 heterocycles. The number of unbranched alkanes of at least 4 members (excludes halogenated alkanes) is 5. The van der Waals surface area contributed by atoms with Crippen molar-refractivity contribution in [3.05, 3.63) is 96.1 Å². The van der Waals surface area contributed by atoms with E-state index in [-0.39, 0.29) is 11.9 Å². The van der Waals surface area contributed by atoms with Crippen molar-refractivity contribution in [3.63, 3.8) is 0 Å². The second-order valence-electron chi connectivity index (χ2n) is 10.0. The van der Waals surface area contributed by atoms with E-state index in [4.69, 9.17) is 18.9 Å². The lowest BCUT2D eigenvalue weighted by Crippen LogP contribution is -2.08. The zero-order valence-electron chi connectivity index (χ0n) is 24.6.